The summed E-state index contributed by atoms with van der Waals surface area (Å²) in [5.41, 5.74) is 5.76. The Morgan fingerprint density at radius 1 is 1.30 bits per heavy atom. The number of nitrogens with one attached hydrogen (secondary N) is 1. The average Bonchev–Trinajstić information content (AvgIpc) is 2.73. The van der Waals surface area contributed by atoms with E-state index >= 15 is 0 Å². The SMILES string of the molecule is NC1=NC(=O)[C@H](CC(=O)OCC(=O)Nc2cc(Cl)cc(Cl)c2)S1. The van der Waals surface area contributed by atoms with Gasteiger partial charge in [-0.15, -0.1) is 0 Å². The monoisotopic (exact) mass is 375 g/mol. The first-order valence-corrected chi connectivity index (χ1v) is 7.93. The van der Waals surface area contributed by atoms with Gasteiger partial charge in [-0.2, -0.15) is 4.99 Å². The fourth-order valence-corrected chi connectivity index (χ4v) is 3.04. The molecule has 0 saturated carbocycles. The number of hydrogen-bond acceptors (Lipinski definition) is 6. The van der Waals surface area contributed by atoms with E-state index in [9.17, 15) is 14.4 Å². The van der Waals surface area contributed by atoms with Crippen LogP contribution >= 0.6 is 35.0 Å². The molecular formula is C13H11Cl2N3O4S. The van der Waals surface area contributed by atoms with Crippen LogP contribution in [0.5, 0.6) is 0 Å². The first kappa shape index (κ1) is 17.6. The van der Waals surface area contributed by atoms with Crippen LogP contribution in [-0.2, 0) is 19.1 Å². The van der Waals surface area contributed by atoms with Crippen LogP contribution in [0.2, 0.25) is 10.0 Å². The standard InChI is InChI=1S/C13H11Cl2N3O4S/c14-6-1-7(15)3-8(2-6)17-10(19)5-22-11(20)4-9-12(21)18-13(16)23-9/h1-3,9H,4-5H2,(H,17,19)(H2,16,18,21)/t9-/m0/s1. The first-order valence-electron chi connectivity index (χ1n) is 6.29. The van der Waals surface area contributed by atoms with Crippen LogP contribution in [0.4, 0.5) is 5.69 Å². The Balaban J connectivity index is 1.78. The Labute approximate surface area is 145 Å². The van der Waals surface area contributed by atoms with Crippen molar-refractivity contribution in [3.63, 3.8) is 0 Å². The van der Waals surface area contributed by atoms with E-state index in [2.05, 4.69) is 10.3 Å². The number of ether oxygens (including phenoxy) is 1. The highest BCUT2D eigenvalue weighted by Crippen LogP contribution is 2.23. The van der Waals surface area contributed by atoms with Gasteiger partial charge >= 0.3 is 5.97 Å². The van der Waals surface area contributed by atoms with Crippen LogP contribution in [-0.4, -0.2) is 34.8 Å². The lowest BCUT2D eigenvalue weighted by molar-refractivity contribution is -0.147. The number of esters is 1. The van der Waals surface area contributed by atoms with Crippen molar-refractivity contribution in [2.45, 2.75) is 11.7 Å². The van der Waals surface area contributed by atoms with E-state index in [4.69, 9.17) is 33.7 Å². The highest BCUT2D eigenvalue weighted by atomic mass is 35.5. The normalized spacial score (nSPS) is 16.9. The van der Waals surface area contributed by atoms with Crippen LogP contribution in [0.25, 0.3) is 0 Å². The number of carbonyl (C=O) groups excluding carboxylic acids is 3. The predicted octanol–water partition coefficient (Wildman–Crippen LogP) is 1.82. The summed E-state index contributed by atoms with van der Waals surface area (Å²) in [6, 6.07) is 4.52. The van der Waals surface area contributed by atoms with Gasteiger partial charge in [0, 0.05) is 15.7 Å². The molecule has 1 aliphatic heterocycles. The number of carbonyl (C=O) groups is 3. The molecule has 1 heterocycles. The molecule has 2 amide bonds. The molecule has 23 heavy (non-hydrogen) atoms. The topological polar surface area (TPSA) is 111 Å². The second kappa shape index (κ2) is 7.67. The predicted molar refractivity (Wildman–Crippen MR) is 88.7 cm³/mol. The van der Waals surface area contributed by atoms with E-state index in [1.165, 1.54) is 18.2 Å². The Morgan fingerprint density at radius 2 is 1.96 bits per heavy atom. The van der Waals surface area contributed by atoms with E-state index in [-0.39, 0.29) is 11.6 Å². The summed E-state index contributed by atoms with van der Waals surface area (Å²) in [6.07, 6.45) is -0.204. The first-order chi connectivity index (χ1) is 10.8. The van der Waals surface area contributed by atoms with Crippen molar-refractivity contribution < 1.29 is 19.1 Å². The number of nitrogens with zero attached hydrogens (tertiary/aromatic N) is 1. The second-order valence-corrected chi connectivity index (χ2v) is 6.56. The van der Waals surface area contributed by atoms with Crippen molar-refractivity contribution in [2.24, 2.45) is 10.7 Å². The van der Waals surface area contributed by atoms with Crippen molar-refractivity contribution in [2.75, 3.05) is 11.9 Å². The number of hydrogen-bond donors (Lipinski definition) is 2. The van der Waals surface area contributed by atoms with Gasteiger partial charge in [-0.25, -0.2) is 0 Å². The largest absolute Gasteiger partial charge is 0.456 e. The average molecular weight is 376 g/mol. The Morgan fingerprint density at radius 3 is 2.52 bits per heavy atom. The zero-order valence-corrected chi connectivity index (χ0v) is 13.9. The Kier molecular flexibility index (Phi) is 5.86. The lowest BCUT2D eigenvalue weighted by Crippen LogP contribution is -2.24. The van der Waals surface area contributed by atoms with Gasteiger partial charge in [0.05, 0.1) is 6.42 Å². The van der Waals surface area contributed by atoms with E-state index in [1.54, 1.807) is 0 Å². The second-order valence-electron chi connectivity index (χ2n) is 4.47. The number of thioether (sulfide) groups is 1. The van der Waals surface area contributed by atoms with E-state index in [0.717, 1.165) is 11.8 Å². The smallest absolute Gasteiger partial charge is 0.307 e. The van der Waals surface area contributed by atoms with Crippen molar-refractivity contribution >= 4 is 63.6 Å². The number of anilines is 1. The maximum Gasteiger partial charge on any atom is 0.307 e. The molecule has 0 bridgehead atoms. The zero-order valence-electron chi connectivity index (χ0n) is 11.5. The summed E-state index contributed by atoms with van der Waals surface area (Å²) in [7, 11) is 0. The summed E-state index contributed by atoms with van der Waals surface area (Å²) in [5, 5.41) is 2.63. The van der Waals surface area contributed by atoms with E-state index < -0.39 is 29.6 Å². The van der Waals surface area contributed by atoms with E-state index in [1.807, 2.05) is 0 Å². The third-order valence-electron chi connectivity index (χ3n) is 2.62. The molecule has 122 valence electrons. The van der Waals surface area contributed by atoms with Crippen LogP contribution in [0, 0.1) is 0 Å². The Bertz CT molecular complexity index is 676. The maximum atomic E-state index is 11.7. The molecule has 0 aliphatic carbocycles. The van der Waals surface area contributed by atoms with Gasteiger partial charge in [-0.05, 0) is 18.2 Å². The Hall–Kier alpha value is -1.77. The number of amidine groups is 1. The number of halogens is 2. The zero-order chi connectivity index (χ0) is 17.0. The van der Waals surface area contributed by atoms with Gasteiger partial charge < -0.3 is 15.8 Å². The molecule has 0 saturated heterocycles. The van der Waals surface area contributed by atoms with Crippen LogP contribution in [0.3, 0.4) is 0 Å². The molecule has 10 heteroatoms. The van der Waals surface area contributed by atoms with Crippen molar-refractivity contribution in [3.05, 3.63) is 28.2 Å². The van der Waals surface area contributed by atoms with Crippen LogP contribution < -0.4 is 11.1 Å². The van der Waals surface area contributed by atoms with Crippen LogP contribution in [0.15, 0.2) is 23.2 Å². The molecule has 2 rings (SSSR count). The van der Waals surface area contributed by atoms with E-state index in [0.29, 0.717) is 15.7 Å². The fraction of sp³-hybridized carbons (Fsp3) is 0.231. The highest BCUT2D eigenvalue weighted by molar-refractivity contribution is 8.15. The number of benzene rings is 1. The number of aliphatic imine (C=N–C) groups is 1. The molecule has 0 radical (unpaired) electrons. The minimum atomic E-state index is -0.697. The molecule has 1 atom stereocenters. The fourth-order valence-electron chi connectivity index (χ4n) is 1.71. The quantitative estimate of drug-likeness (QED) is 0.759. The molecule has 0 spiro atoms. The molecule has 3 N–H and O–H groups in total. The number of nitrogens with two attached hydrogens (primary N) is 1. The van der Waals surface area contributed by atoms with Gasteiger partial charge in [-0.1, -0.05) is 35.0 Å². The third kappa shape index (κ3) is 5.42. The number of rotatable bonds is 5. The third-order valence-corrected chi connectivity index (χ3v) is 4.04. The number of amides is 2. The molecule has 1 aromatic rings. The lowest BCUT2D eigenvalue weighted by Gasteiger charge is -2.08. The molecular weight excluding hydrogens is 365 g/mol. The minimum absolute atomic E-state index is 0.114. The molecule has 0 aromatic heterocycles. The van der Waals surface area contributed by atoms with Gasteiger partial charge in [0.2, 0.25) is 0 Å². The highest BCUT2D eigenvalue weighted by Gasteiger charge is 2.29. The van der Waals surface area contributed by atoms with Crippen molar-refractivity contribution in [1.29, 1.82) is 0 Å². The van der Waals surface area contributed by atoms with Gasteiger partial charge in [-0.3, -0.25) is 14.4 Å². The summed E-state index contributed by atoms with van der Waals surface area (Å²) in [6.45, 7) is -0.495. The molecule has 1 aromatic carbocycles. The molecule has 1 aliphatic rings. The minimum Gasteiger partial charge on any atom is -0.456 e. The summed E-state index contributed by atoms with van der Waals surface area (Å²) < 4.78 is 4.81. The van der Waals surface area contributed by atoms with Crippen molar-refractivity contribution in [3.8, 4) is 0 Å². The maximum absolute atomic E-state index is 11.7. The lowest BCUT2D eigenvalue weighted by atomic mass is 10.3. The summed E-state index contributed by atoms with van der Waals surface area (Å²) in [4.78, 5) is 38.2. The molecule has 0 fully saturated rings. The molecule has 0 unspecified atom stereocenters. The summed E-state index contributed by atoms with van der Waals surface area (Å²) >= 11 is 12.6. The molecule has 7 nitrogen and oxygen atoms in total. The summed E-state index contributed by atoms with van der Waals surface area (Å²) in [5.74, 6) is -1.74. The van der Waals surface area contributed by atoms with Crippen LogP contribution in [0.1, 0.15) is 6.42 Å². The van der Waals surface area contributed by atoms with Crippen molar-refractivity contribution in [1.82, 2.24) is 0 Å². The van der Waals surface area contributed by atoms with Gasteiger partial charge in [0.1, 0.15) is 5.25 Å². The van der Waals surface area contributed by atoms with Gasteiger partial charge in [0.15, 0.2) is 11.8 Å². The van der Waals surface area contributed by atoms with Gasteiger partial charge in [0.25, 0.3) is 11.8 Å².